The van der Waals surface area contributed by atoms with Gasteiger partial charge in [0.15, 0.2) is 0 Å². The van der Waals surface area contributed by atoms with Gasteiger partial charge in [-0.15, -0.1) is 0 Å². The lowest BCUT2D eigenvalue weighted by Gasteiger charge is -2.36. The van der Waals surface area contributed by atoms with Gasteiger partial charge in [-0.25, -0.2) is 0 Å². The third-order valence-corrected chi connectivity index (χ3v) is 5.29. The Morgan fingerprint density at radius 2 is 1.96 bits per heavy atom. The fourth-order valence-electron chi connectivity index (χ4n) is 3.21. The third-order valence-electron chi connectivity index (χ3n) is 4.92. The van der Waals surface area contributed by atoms with Crippen LogP contribution in [0.15, 0.2) is 24.3 Å². The molecule has 2 fully saturated rings. The largest absolute Gasteiger partial charge is 0.394 e. The average Bonchev–Trinajstić information content (AvgIpc) is 3.47. The zero-order valence-electron chi connectivity index (χ0n) is 14.6. The highest BCUT2D eigenvalue weighted by Gasteiger charge is 2.36. The standard InChI is InChI=1S/C19H25ClN2O4/c20-15-4-2-1-3-13(15)10-21-18(24)9-14-7-8-16(17(11-23)26-14)22-19(25)12-5-6-12/h1-4,12,14,16-17,23H,5-11H2,(H,21,24)(H,22,25)/t14-,16+,17+/m1/s1. The first-order chi connectivity index (χ1) is 12.6. The Kier molecular flexibility index (Phi) is 6.51. The first-order valence-corrected chi connectivity index (χ1v) is 9.51. The number of aliphatic hydroxyl groups is 1. The van der Waals surface area contributed by atoms with Crippen LogP contribution < -0.4 is 10.6 Å². The van der Waals surface area contributed by atoms with Gasteiger partial charge in [0, 0.05) is 17.5 Å². The number of hydrogen-bond acceptors (Lipinski definition) is 4. The number of ether oxygens (including phenoxy) is 1. The van der Waals surface area contributed by atoms with E-state index in [0.717, 1.165) is 18.4 Å². The van der Waals surface area contributed by atoms with Crippen molar-refractivity contribution in [3.05, 3.63) is 34.9 Å². The summed E-state index contributed by atoms with van der Waals surface area (Å²) in [5, 5.41) is 16.0. The van der Waals surface area contributed by atoms with Gasteiger partial charge in [-0.05, 0) is 37.3 Å². The molecule has 1 aromatic rings. The Balaban J connectivity index is 1.44. The minimum Gasteiger partial charge on any atom is -0.394 e. The second-order valence-electron chi connectivity index (χ2n) is 7.02. The van der Waals surface area contributed by atoms with Gasteiger partial charge in [0.25, 0.3) is 0 Å². The zero-order chi connectivity index (χ0) is 18.5. The third kappa shape index (κ3) is 5.19. The molecule has 7 heteroatoms. The lowest BCUT2D eigenvalue weighted by molar-refractivity contribution is -0.136. The first kappa shape index (κ1) is 19.1. The molecule has 3 atom stereocenters. The molecule has 2 aliphatic rings. The van der Waals surface area contributed by atoms with Crippen molar-refractivity contribution in [1.82, 2.24) is 10.6 Å². The van der Waals surface area contributed by atoms with Gasteiger partial charge in [-0.2, -0.15) is 0 Å². The fraction of sp³-hybridized carbons (Fsp3) is 0.579. The van der Waals surface area contributed by atoms with Crippen LogP contribution >= 0.6 is 11.6 Å². The summed E-state index contributed by atoms with van der Waals surface area (Å²) in [4.78, 5) is 24.1. The van der Waals surface area contributed by atoms with Crippen LogP contribution in [-0.2, 0) is 20.9 Å². The van der Waals surface area contributed by atoms with Gasteiger partial charge in [0.05, 0.1) is 25.2 Å². The molecule has 0 bridgehead atoms. The summed E-state index contributed by atoms with van der Waals surface area (Å²) in [7, 11) is 0. The average molecular weight is 381 g/mol. The SMILES string of the molecule is O=C(C[C@H]1CC[C@H](NC(=O)C2CC2)[C@H](CO)O1)NCc1ccccc1Cl. The lowest BCUT2D eigenvalue weighted by Crippen LogP contribution is -2.51. The molecule has 6 nitrogen and oxygen atoms in total. The second kappa shape index (κ2) is 8.84. The molecule has 1 saturated heterocycles. The van der Waals surface area contributed by atoms with Crippen molar-refractivity contribution >= 4 is 23.4 Å². The number of hydrogen-bond donors (Lipinski definition) is 3. The van der Waals surface area contributed by atoms with Crippen molar-refractivity contribution < 1.29 is 19.4 Å². The Hall–Kier alpha value is -1.63. The van der Waals surface area contributed by atoms with E-state index in [4.69, 9.17) is 16.3 Å². The van der Waals surface area contributed by atoms with E-state index in [2.05, 4.69) is 10.6 Å². The molecule has 1 aromatic carbocycles. The predicted molar refractivity (Wildman–Crippen MR) is 97.6 cm³/mol. The maximum atomic E-state index is 12.2. The zero-order valence-corrected chi connectivity index (χ0v) is 15.4. The number of benzene rings is 1. The maximum absolute atomic E-state index is 12.2. The van der Waals surface area contributed by atoms with Crippen LogP contribution in [0.25, 0.3) is 0 Å². The topological polar surface area (TPSA) is 87.7 Å². The van der Waals surface area contributed by atoms with E-state index in [1.807, 2.05) is 18.2 Å². The van der Waals surface area contributed by atoms with Crippen LogP contribution in [0.5, 0.6) is 0 Å². The van der Waals surface area contributed by atoms with E-state index < -0.39 is 6.10 Å². The number of carbonyl (C=O) groups is 2. The number of rotatable bonds is 7. The highest BCUT2D eigenvalue weighted by Crippen LogP contribution is 2.30. The minimum absolute atomic E-state index is 0.0491. The summed E-state index contributed by atoms with van der Waals surface area (Å²) in [6, 6.07) is 7.19. The summed E-state index contributed by atoms with van der Waals surface area (Å²) >= 11 is 6.08. The summed E-state index contributed by atoms with van der Waals surface area (Å²) in [6.07, 6.45) is 2.76. The molecule has 3 N–H and O–H groups in total. The Bertz CT molecular complexity index is 650. The monoisotopic (exact) mass is 380 g/mol. The molecule has 1 saturated carbocycles. The predicted octanol–water partition coefficient (Wildman–Crippen LogP) is 1.78. The van der Waals surface area contributed by atoms with Crippen molar-refractivity contribution in [3.63, 3.8) is 0 Å². The quantitative estimate of drug-likeness (QED) is 0.673. The summed E-state index contributed by atoms with van der Waals surface area (Å²) in [6.45, 7) is 0.197. The van der Waals surface area contributed by atoms with Crippen LogP contribution in [0.2, 0.25) is 5.02 Å². The normalized spacial score (nSPS) is 25.5. The lowest BCUT2D eigenvalue weighted by atomic mass is 9.96. The maximum Gasteiger partial charge on any atom is 0.223 e. The second-order valence-corrected chi connectivity index (χ2v) is 7.43. The molecule has 2 amide bonds. The molecule has 0 spiro atoms. The molecule has 1 heterocycles. The van der Waals surface area contributed by atoms with Crippen molar-refractivity contribution in [1.29, 1.82) is 0 Å². The van der Waals surface area contributed by atoms with Gasteiger partial charge < -0.3 is 20.5 Å². The van der Waals surface area contributed by atoms with Gasteiger partial charge in [0.1, 0.15) is 6.10 Å². The smallest absolute Gasteiger partial charge is 0.223 e. The molecule has 3 rings (SSSR count). The van der Waals surface area contributed by atoms with Gasteiger partial charge in [0.2, 0.25) is 11.8 Å². The van der Waals surface area contributed by atoms with Crippen molar-refractivity contribution in [2.24, 2.45) is 5.92 Å². The Morgan fingerprint density at radius 3 is 2.65 bits per heavy atom. The van der Waals surface area contributed by atoms with Crippen LogP contribution in [0.1, 0.15) is 37.7 Å². The summed E-state index contributed by atoms with van der Waals surface area (Å²) < 4.78 is 5.84. The summed E-state index contributed by atoms with van der Waals surface area (Å²) in [5.74, 6) is 0.0581. The van der Waals surface area contributed by atoms with Crippen LogP contribution in [0.3, 0.4) is 0 Å². The van der Waals surface area contributed by atoms with E-state index in [1.165, 1.54) is 0 Å². The number of carbonyl (C=O) groups excluding carboxylic acids is 2. The van der Waals surface area contributed by atoms with Crippen molar-refractivity contribution in [2.75, 3.05) is 6.61 Å². The van der Waals surface area contributed by atoms with Crippen LogP contribution in [0.4, 0.5) is 0 Å². The van der Waals surface area contributed by atoms with Gasteiger partial charge >= 0.3 is 0 Å². The van der Waals surface area contributed by atoms with E-state index >= 15 is 0 Å². The summed E-state index contributed by atoms with van der Waals surface area (Å²) in [5.41, 5.74) is 0.864. The molecule has 0 aromatic heterocycles. The van der Waals surface area contributed by atoms with E-state index in [9.17, 15) is 14.7 Å². The van der Waals surface area contributed by atoms with Gasteiger partial charge in [-0.1, -0.05) is 29.8 Å². The number of aliphatic hydroxyl groups excluding tert-OH is 1. The minimum atomic E-state index is -0.465. The molecule has 0 radical (unpaired) electrons. The van der Waals surface area contributed by atoms with E-state index in [0.29, 0.717) is 24.4 Å². The molecule has 26 heavy (non-hydrogen) atoms. The molecular formula is C19H25ClN2O4. The highest BCUT2D eigenvalue weighted by molar-refractivity contribution is 6.31. The fourth-order valence-corrected chi connectivity index (χ4v) is 3.41. The molecule has 1 aliphatic carbocycles. The molecule has 0 unspecified atom stereocenters. The number of nitrogens with one attached hydrogen (secondary N) is 2. The first-order valence-electron chi connectivity index (χ1n) is 9.13. The van der Waals surface area contributed by atoms with E-state index in [1.54, 1.807) is 6.07 Å². The van der Waals surface area contributed by atoms with Crippen LogP contribution in [-0.4, -0.2) is 41.8 Å². The van der Waals surface area contributed by atoms with Gasteiger partial charge in [-0.3, -0.25) is 9.59 Å². The van der Waals surface area contributed by atoms with Crippen molar-refractivity contribution in [3.8, 4) is 0 Å². The van der Waals surface area contributed by atoms with E-state index in [-0.39, 0.29) is 42.9 Å². The number of halogens is 1. The Labute approximate surface area is 158 Å². The molecule has 142 valence electrons. The highest BCUT2D eigenvalue weighted by atomic mass is 35.5. The number of amides is 2. The molecule has 1 aliphatic heterocycles. The Morgan fingerprint density at radius 1 is 1.19 bits per heavy atom. The van der Waals surface area contributed by atoms with Crippen molar-refractivity contribution in [2.45, 2.75) is 56.9 Å². The molecular weight excluding hydrogens is 356 g/mol. The van der Waals surface area contributed by atoms with Crippen LogP contribution in [0, 0.1) is 5.92 Å².